The average Bonchev–Trinajstić information content (AvgIpc) is 3.11. The van der Waals surface area contributed by atoms with Gasteiger partial charge in [0.15, 0.2) is 5.13 Å². The molecule has 0 radical (unpaired) electrons. The molecule has 0 fully saturated rings. The first-order valence-electron chi connectivity index (χ1n) is 9.02. The van der Waals surface area contributed by atoms with E-state index in [-0.39, 0.29) is 11.7 Å². The van der Waals surface area contributed by atoms with Gasteiger partial charge in [0.25, 0.3) is 0 Å². The number of carbonyl (C=O) groups excluding carboxylic acids is 1. The molecule has 1 heterocycles. The Labute approximate surface area is 162 Å². The van der Waals surface area contributed by atoms with Crippen LogP contribution in [0.1, 0.15) is 32.6 Å². The quantitative estimate of drug-likeness (QED) is 0.455. The van der Waals surface area contributed by atoms with Crippen LogP contribution in [-0.2, 0) is 4.79 Å². The number of anilines is 3. The van der Waals surface area contributed by atoms with E-state index in [1.165, 1.54) is 23.5 Å². The molecule has 0 atom stereocenters. The van der Waals surface area contributed by atoms with Gasteiger partial charge in [-0.2, -0.15) is 0 Å². The Bertz CT molecular complexity index is 910. The van der Waals surface area contributed by atoms with E-state index in [1.54, 1.807) is 12.1 Å². The van der Waals surface area contributed by atoms with Crippen LogP contribution in [0.2, 0.25) is 0 Å². The van der Waals surface area contributed by atoms with Crippen LogP contribution in [0.15, 0.2) is 53.9 Å². The summed E-state index contributed by atoms with van der Waals surface area (Å²) < 4.78 is 13.3. The number of nitrogens with one attached hydrogen (secondary N) is 2. The number of aromatic nitrogens is 1. The van der Waals surface area contributed by atoms with E-state index < -0.39 is 0 Å². The van der Waals surface area contributed by atoms with Crippen molar-refractivity contribution >= 4 is 33.8 Å². The third kappa shape index (κ3) is 5.62. The van der Waals surface area contributed by atoms with Gasteiger partial charge in [-0.05, 0) is 36.8 Å². The summed E-state index contributed by atoms with van der Waals surface area (Å²) in [6.45, 7) is 2.12. The molecule has 3 rings (SSSR count). The first-order chi connectivity index (χ1) is 13.1. The molecule has 2 aromatic carbocycles. The summed E-state index contributed by atoms with van der Waals surface area (Å²) in [6.07, 6.45) is 3.60. The molecule has 0 saturated heterocycles. The minimum Gasteiger partial charge on any atom is -0.331 e. The third-order valence-electron chi connectivity index (χ3n) is 4.03. The minimum absolute atomic E-state index is 0.0346. The Hall–Kier alpha value is -2.73. The smallest absolute Gasteiger partial charge is 0.224 e. The molecule has 1 amide bonds. The van der Waals surface area contributed by atoms with Crippen molar-refractivity contribution in [3.05, 3.63) is 59.7 Å². The van der Waals surface area contributed by atoms with Gasteiger partial charge in [-0.15, -0.1) is 11.3 Å². The Morgan fingerprint density at radius 2 is 1.93 bits per heavy atom. The Morgan fingerprint density at radius 1 is 1.11 bits per heavy atom. The molecule has 0 aliphatic heterocycles. The van der Waals surface area contributed by atoms with E-state index in [4.69, 9.17) is 0 Å². The van der Waals surface area contributed by atoms with Crippen LogP contribution in [0.25, 0.3) is 11.3 Å². The molecule has 0 unspecified atom stereocenters. The number of hydrogen-bond donors (Lipinski definition) is 2. The first kappa shape index (κ1) is 19.0. The summed E-state index contributed by atoms with van der Waals surface area (Å²) in [5, 5.41) is 8.67. The number of nitrogens with zero attached hydrogens (tertiary/aromatic N) is 1. The zero-order valence-electron chi connectivity index (χ0n) is 15.2. The number of rotatable bonds is 8. The fourth-order valence-corrected chi connectivity index (χ4v) is 3.41. The second-order valence-electron chi connectivity index (χ2n) is 6.26. The number of hydrogen-bond acceptors (Lipinski definition) is 4. The van der Waals surface area contributed by atoms with Crippen molar-refractivity contribution in [3.63, 3.8) is 0 Å². The van der Waals surface area contributed by atoms with Gasteiger partial charge in [-0.1, -0.05) is 38.0 Å². The standard InChI is InChI=1S/C21H22FN3OS/c1-2-3-4-11-20(26)23-17-9-5-7-15(12-17)19-14-27-21(25-19)24-18-10-6-8-16(22)13-18/h5-10,12-14H,2-4,11H2,1H3,(H,23,26)(H,24,25). The molecule has 0 bridgehead atoms. The summed E-state index contributed by atoms with van der Waals surface area (Å²) in [7, 11) is 0. The van der Waals surface area contributed by atoms with Crippen molar-refractivity contribution in [2.75, 3.05) is 10.6 Å². The largest absolute Gasteiger partial charge is 0.331 e. The molecule has 1 aromatic heterocycles. The fraction of sp³-hybridized carbons (Fsp3) is 0.238. The molecule has 0 spiro atoms. The maximum absolute atomic E-state index is 13.3. The lowest BCUT2D eigenvalue weighted by Gasteiger charge is -2.06. The normalized spacial score (nSPS) is 10.6. The van der Waals surface area contributed by atoms with Gasteiger partial charge < -0.3 is 10.6 Å². The summed E-state index contributed by atoms with van der Waals surface area (Å²) in [6, 6.07) is 13.9. The predicted octanol–water partition coefficient (Wildman–Crippen LogP) is 6.21. The van der Waals surface area contributed by atoms with Crippen molar-refractivity contribution in [1.82, 2.24) is 4.98 Å². The Balaban J connectivity index is 1.66. The number of thiazole rings is 1. The lowest BCUT2D eigenvalue weighted by molar-refractivity contribution is -0.116. The second-order valence-corrected chi connectivity index (χ2v) is 7.12. The van der Waals surface area contributed by atoms with Crippen LogP contribution < -0.4 is 10.6 Å². The molecular weight excluding hydrogens is 361 g/mol. The van der Waals surface area contributed by atoms with Gasteiger partial charge in [0.2, 0.25) is 5.91 Å². The number of halogens is 1. The summed E-state index contributed by atoms with van der Waals surface area (Å²) >= 11 is 1.45. The molecule has 0 aliphatic rings. The van der Waals surface area contributed by atoms with Crippen LogP contribution in [-0.4, -0.2) is 10.9 Å². The Kier molecular flexibility index (Phi) is 6.54. The molecule has 6 heteroatoms. The van der Waals surface area contributed by atoms with Crippen molar-refractivity contribution in [3.8, 4) is 11.3 Å². The van der Waals surface area contributed by atoms with E-state index in [9.17, 15) is 9.18 Å². The molecule has 0 saturated carbocycles. The zero-order valence-corrected chi connectivity index (χ0v) is 16.0. The first-order valence-corrected chi connectivity index (χ1v) is 9.90. The fourth-order valence-electron chi connectivity index (χ4n) is 2.67. The zero-order chi connectivity index (χ0) is 19.1. The third-order valence-corrected chi connectivity index (χ3v) is 4.79. The minimum atomic E-state index is -0.292. The van der Waals surface area contributed by atoms with Gasteiger partial charge in [0.1, 0.15) is 5.82 Å². The molecule has 2 N–H and O–H groups in total. The second kappa shape index (κ2) is 9.28. The average molecular weight is 383 g/mol. The van der Waals surface area contributed by atoms with Crippen molar-refractivity contribution in [1.29, 1.82) is 0 Å². The van der Waals surface area contributed by atoms with Crippen LogP contribution in [0, 0.1) is 5.82 Å². The highest BCUT2D eigenvalue weighted by molar-refractivity contribution is 7.14. The van der Waals surface area contributed by atoms with Crippen molar-refractivity contribution < 1.29 is 9.18 Å². The van der Waals surface area contributed by atoms with Gasteiger partial charge >= 0.3 is 0 Å². The van der Waals surface area contributed by atoms with E-state index in [1.807, 2.05) is 29.6 Å². The monoisotopic (exact) mass is 383 g/mol. The lowest BCUT2D eigenvalue weighted by Crippen LogP contribution is -2.10. The summed E-state index contributed by atoms with van der Waals surface area (Å²) in [5.41, 5.74) is 3.15. The van der Waals surface area contributed by atoms with Gasteiger partial charge in [-0.25, -0.2) is 9.37 Å². The molecular formula is C21H22FN3OS. The Morgan fingerprint density at radius 3 is 2.74 bits per heavy atom. The number of benzene rings is 2. The van der Waals surface area contributed by atoms with Gasteiger partial charge in [0.05, 0.1) is 5.69 Å². The van der Waals surface area contributed by atoms with Gasteiger partial charge in [-0.3, -0.25) is 4.79 Å². The molecule has 27 heavy (non-hydrogen) atoms. The van der Waals surface area contributed by atoms with E-state index in [2.05, 4.69) is 22.5 Å². The molecule has 4 nitrogen and oxygen atoms in total. The SMILES string of the molecule is CCCCCC(=O)Nc1cccc(-c2csc(Nc3cccc(F)c3)n2)c1. The summed E-state index contributed by atoms with van der Waals surface area (Å²) in [5.74, 6) is -0.258. The van der Waals surface area contributed by atoms with Crippen molar-refractivity contribution in [2.45, 2.75) is 32.6 Å². The number of carbonyl (C=O) groups is 1. The van der Waals surface area contributed by atoms with Crippen LogP contribution in [0.3, 0.4) is 0 Å². The van der Waals surface area contributed by atoms with Gasteiger partial charge in [0, 0.05) is 28.7 Å². The highest BCUT2D eigenvalue weighted by atomic mass is 32.1. The topological polar surface area (TPSA) is 54.0 Å². The highest BCUT2D eigenvalue weighted by Gasteiger charge is 2.08. The number of unbranched alkanes of at least 4 members (excludes halogenated alkanes) is 2. The molecule has 140 valence electrons. The molecule has 3 aromatic rings. The lowest BCUT2D eigenvalue weighted by atomic mass is 10.1. The van der Waals surface area contributed by atoms with E-state index in [0.717, 1.165) is 36.2 Å². The predicted molar refractivity (Wildman–Crippen MR) is 110 cm³/mol. The van der Waals surface area contributed by atoms with E-state index >= 15 is 0 Å². The summed E-state index contributed by atoms with van der Waals surface area (Å²) in [4.78, 5) is 16.6. The van der Waals surface area contributed by atoms with Crippen LogP contribution in [0.5, 0.6) is 0 Å². The highest BCUT2D eigenvalue weighted by Crippen LogP contribution is 2.28. The molecule has 0 aliphatic carbocycles. The number of amides is 1. The van der Waals surface area contributed by atoms with E-state index in [0.29, 0.717) is 17.2 Å². The van der Waals surface area contributed by atoms with Crippen LogP contribution >= 0.6 is 11.3 Å². The van der Waals surface area contributed by atoms with Crippen LogP contribution in [0.4, 0.5) is 20.9 Å². The maximum Gasteiger partial charge on any atom is 0.224 e. The maximum atomic E-state index is 13.3. The van der Waals surface area contributed by atoms with Crippen molar-refractivity contribution in [2.24, 2.45) is 0 Å².